The van der Waals surface area contributed by atoms with Crippen molar-refractivity contribution >= 4 is 29.2 Å². The summed E-state index contributed by atoms with van der Waals surface area (Å²) in [6.07, 6.45) is 2.41. The predicted octanol–water partition coefficient (Wildman–Crippen LogP) is 3.06. The summed E-state index contributed by atoms with van der Waals surface area (Å²) in [7, 11) is 0. The Morgan fingerprint density at radius 3 is 2.35 bits per heavy atom. The molecule has 1 fully saturated rings. The molecule has 0 radical (unpaired) electrons. The Morgan fingerprint density at radius 2 is 1.71 bits per heavy atom. The quantitative estimate of drug-likeness (QED) is 0.652. The number of hydrogen-bond acceptors (Lipinski definition) is 6. The smallest absolute Gasteiger partial charge is 0.339 e. The van der Waals surface area contributed by atoms with Gasteiger partial charge in [-0.1, -0.05) is 0 Å². The molecule has 0 atom stereocenters. The van der Waals surface area contributed by atoms with Crippen LogP contribution in [-0.4, -0.2) is 48.7 Å². The number of esters is 2. The predicted molar refractivity (Wildman–Crippen MR) is 117 cm³/mol. The molecule has 1 aromatic carbocycles. The third-order valence-corrected chi connectivity index (χ3v) is 5.34. The maximum atomic E-state index is 12.2. The van der Waals surface area contributed by atoms with E-state index in [-0.39, 0.29) is 19.8 Å². The minimum Gasteiger partial charge on any atom is -0.462 e. The van der Waals surface area contributed by atoms with Crippen LogP contribution < -0.4 is 10.2 Å². The van der Waals surface area contributed by atoms with Crippen LogP contribution in [0.4, 0.5) is 11.4 Å². The average Bonchev–Trinajstić information content (AvgIpc) is 3.37. The lowest BCUT2D eigenvalue weighted by Gasteiger charge is -2.17. The van der Waals surface area contributed by atoms with Crippen molar-refractivity contribution in [3.63, 3.8) is 0 Å². The van der Waals surface area contributed by atoms with E-state index in [9.17, 15) is 14.4 Å². The van der Waals surface area contributed by atoms with Crippen LogP contribution >= 0.6 is 0 Å². The van der Waals surface area contributed by atoms with Crippen LogP contribution in [0.3, 0.4) is 0 Å². The average molecular weight is 428 g/mol. The van der Waals surface area contributed by atoms with Crippen LogP contribution in [0.2, 0.25) is 0 Å². The molecule has 0 aliphatic carbocycles. The highest BCUT2D eigenvalue weighted by Crippen LogP contribution is 2.22. The van der Waals surface area contributed by atoms with Crippen LogP contribution in [0.5, 0.6) is 0 Å². The number of ether oxygens (including phenoxy) is 2. The van der Waals surface area contributed by atoms with Crippen molar-refractivity contribution in [3.8, 4) is 0 Å². The largest absolute Gasteiger partial charge is 0.462 e. The summed E-state index contributed by atoms with van der Waals surface area (Å²) >= 11 is 0. The molecule has 1 aliphatic heterocycles. The molecular formula is C23H29N3O5. The molecule has 3 rings (SSSR count). The molecule has 8 nitrogen and oxygen atoms in total. The highest BCUT2D eigenvalue weighted by atomic mass is 16.5. The molecule has 0 saturated carbocycles. The van der Waals surface area contributed by atoms with Crippen molar-refractivity contribution < 1.29 is 23.9 Å². The fraction of sp³-hybridized carbons (Fsp3) is 0.435. The van der Waals surface area contributed by atoms with Gasteiger partial charge in [-0.3, -0.25) is 9.59 Å². The molecule has 1 N–H and O–H groups in total. The molecular weight excluding hydrogens is 398 g/mol. The van der Waals surface area contributed by atoms with Crippen LogP contribution in [0.1, 0.15) is 41.5 Å². The van der Waals surface area contributed by atoms with E-state index in [1.54, 1.807) is 31.4 Å². The second-order valence-electron chi connectivity index (χ2n) is 7.54. The Bertz CT molecular complexity index is 943. The number of aryl methyl sites for hydroxylation is 1. The van der Waals surface area contributed by atoms with E-state index in [4.69, 9.17) is 9.47 Å². The van der Waals surface area contributed by atoms with E-state index in [0.29, 0.717) is 16.9 Å². The number of hydrogen-bond donors (Lipinski definition) is 1. The maximum absolute atomic E-state index is 12.2. The standard InChI is InChI=1S/C23H29N3O5/c1-4-30-23(29)20-13-16(2)26(17(20)3)14-22(28)31-15-21(27)24-18-7-9-19(10-8-18)25-11-5-6-12-25/h7-10,13H,4-6,11-12,14-15H2,1-3H3,(H,24,27). The van der Waals surface area contributed by atoms with Gasteiger partial charge in [0.25, 0.3) is 5.91 Å². The lowest BCUT2D eigenvalue weighted by Crippen LogP contribution is -2.23. The van der Waals surface area contributed by atoms with Crippen molar-refractivity contribution in [2.24, 2.45) is 0 Å². The van der Waals surface area contributed by atoms with Crippen LogP contribution in [0.15, 0.2) is 30.3 Å². The molecule has 2 heterocycles. The molecule has 1 aliphatic rings. The summed E-state index contributed by atoms with van der Waals surface area (Å²) in [4.78, 5) is 38.7. The number of nitrogens with one attached hydrogen (secondary N) is 1. The molecule has 31 heavy (non-hydrogen) atoms. The summed E-state index contributed by atoms with van der Waals surface area (Å²) in [5.41, 5.74) is 3.57. The zero-order valence-corrected chi connectivity index (χ0v) is 18.3. The number of amides is 1. The first-order valence-corrected chi connectivity index (χ1v) is 10.5. The summed E-state index contributed by atoms with van der Waals surface area (Å²) in [6, 6.07) is 9.32. The van der Waals surface area contributed by atoms with E-state index in [2.05, 4.69) is 10.2 Å². The van der Waals surface area contributed by atoms with Gasteiger partial charge in [-0.15, -0.1) is 0 Å². The first kappa shape index (κ1) is 22.4. The molecule has 2 aromatic rings. The minimum atomic E-state index is -0.559. The third kappa shape index (κ3) is 5.65. The molecule has 166 valence electrons. The third-order valence-electron chi connectivity index (χ3n) is 5.34. The zero-order valence-electron chi connectivity index (χ0n) is 18.3. The van der Waals surface area contributed by atoms with Gasteiger partial charge >= 0.3 is 11.9 Å². The lowest BCUT2D eigenvalue weighted by molar-refractivity contribution is -0.147. The lowest BCUT2D eigenvalue weighted by atomic mass is 10.2. The zero-order chi connectivity index (χ0) is 22.4. The number of aromatic nitrogens is 1. The highest BCUT2D eigenvalue weighted by molar-refractivity contribution is 5.93. The van der Waals surface area contributed by atoms with Gasteiger partial charge in [0.2, 0.25) is 0 Å². The maximum Gasteiger partial charge on any atom is 0.339 e. The van der Waals surface area contributed by atoms with Gasteiger partial charge in [0.15, 0.2) is 6.61 Å². The fourth-order valence-electron chi connectivity index (χ4n) is 3.71. The van der Waals surface area contributed by atoms with Gasteiger partial charge in [-0.2, -0.15) is 0 Å². The summed E-state index contributed by atoms with van der Waals surface area (Å²) in [6.45, 7) is 7.20. The Hall–Kier alpha value is -3.29. The summed E-state index contributed by atoms with van der Waals surface area (Å²) < 4.78 is 11.8. The minimum absolute atomic E-state index is 0.0884. The number of anilines is 2. The van der Waals surface area contributed by atoms with E-state index in [0.717, 1.165) is 24.5 Å². The molecule has 0 bridgehead atoms. The van der Waals surface area contributed by atoms with Crippen LogP contribution in [0.25, 0.3) is 0 Å². The normalized spacial score (nSPS) is 13.2. The SMILES string of the molecule is CCOC(=O)c1cc(C)n(CC(=O)OCC(=O)Nc2ccc(N3CCCC3)cc2)c1C. The molecule has 1 amide bonds. The first-order chi connectivity index (χ1) is 14.9. The van der Waals surface area contributed by atoms with Gasteiger partial charge in [0.1, 0.15) is 6.54 Å². The first-order valence-electron chi connectivity index (χ1n) is 10.5. The number of benzene rings is 1. The van der Waals surface area contributed by atoms with Gasteiger partial charge < -0.3 is 24.3 Å². The molecule has 0 spiro atoms. The van der Waals surface area contributed by atoms with Gasteiger partial charge in [0, 0.05) is 35.9 Å². The van der Waals surface area contributed by atoms with E-state index in [1.807, 2.05) is 24.3 Å². The van der Waals surface area contributed by atoms with Gasteiger partial charge in [0.05, 0.1) is 12.2 Å². The van der Waals surface area contributed by atoms with Crippen LogP contribution in [0, 0.1) is 13.8 Å². The number of carbonyl (C=O) groups excluding carboxylic acids is 3. The summed E-state index contributed by atoms with van der Waals surface area (Å²) in [5.74, 6) is -1.39. The topological polar surface area (TPSA) is 89.9 Å². The van der Waals surface area contributed by atoms with Gasteiger partial charge in [-0.05, 0) is 63.9 Å². The van der Waals surface area contributed by atoms with Crippen molar-refractivity contribution in [2.75, 3.05) is 36.5 Å². The Morgan fingerprint density at radius 1 is 1.03 bits per heavy atom. The second kappa shape index (κ2) is 10.1. The van der Waals surface area contributed by atoms with E-state index >= 15 is 0 Å². The highest BCUT2D eigenvalue weighted by Gasteiger charge is 2.19. The summed E-state index contributed by atoms with van der Waals surface area (Å²) in [5, 5.41) is 2.73. The van der Waals surface area contributed by atoms with Crippen LogP contribution in [-0.2, 0) is 25.6 Å². The van der Waals surface area contributed by atoms with Crippen molar-refractivity contribution in [3.05, 3.63) is 47.3 Å². The Kier molecular flexibility index (Phi) is 7.33. The van der Waals surface area contributed by atoms with Crippen molar-refractivity contribution in [2.45, 2.75) is 40.2 Å². The monoisotopic (exact) mass is 427 g/mol. The van der Waals surface area contributed by atoms with E-state index in [1.165, 1.54) is 12.8 Å². The molecule has 1 aromatic heterocycles. The van der Waals surface area contributed by atoms with E-state index < -0.39 is 17.8 Å². The Labute approximate surface area is 182 Å². The molecule has 0 unspecified atom stereocenters. The number of carbonyl (C=O) groups is 3. The van der Waals surface area contributed by atoms with Crippen molar-refractivity contribution in [1.82, 2.24) is 4.57 Å². The number of rotatable bonds is 8. The van der Waals surface area contributed by atoms with Crippen molar-refractivity contribution in [1.29, 1.82) is 0 Å². The molecule has 1 saturated heterocycles. The van der Waals surface area contributed by atoms with Gasteiger partial charge in [-0.25, -0.2) is 4.79 Å². The molecule has 8 heteroatoms. The fourth-order valence-corrected chi connectivity index (χ4v) is 3.71. The second-order valence-corrected chi connectivity index (χ2v) is 7.54. The number of nitrogens with zero attached hydrogens (tertiary/aromatic N) is 2. The Balaban J connectivity index is 1.49.